The number of carbonyl (C=O) groups excluding carboxylic acids is 1. The Kier molecular flexibility index (Phi) is 3.50. The lowest BCUT2D eigenvalue weighted by atomic mass is 10.2. The second-order valence-corrected chi connectivity index (χ2v) is 3.70. The van der Waals surface area contributed by atoms with Gasteiger partial charge in [0.05, 0.1) is 11.8 Å². The summed E-state index contributed by atoms with van der Waals surface area (Å²) in [5.74, 6) is 0.513. The summed E-state index contributed by atoms with van der Waals surface area (Å²) < 4.78 is 5.60. The molecule has 3 nitrogen and oxygen atoms in total. The molecule has 2 rings (SSSR count). The molecule has 0 aliphatic heterocycles. The molecule has 0 saturated heterocycles. The second kappa shape index (κ2) is 5.25. The van der Waals surface area contributed by atoms with Crippen LogP contribution in [0.5, 0.6) is 5.75 Å². The first-order valence-electron chi connectivity index (χ1n) is 5.39. The van der Waals surface area contributed by atoms with Crippen molar-refractivity contribution in [3.05, 3.63) is 59.9 Å². The van der Waals surface area contributed by atoms with Gasteiger partial charge < -0.3 is 4.74 Å². The molecule has 0 amide bonds. The van der Waals surface area contributed by atoms with Gasteiger partial charge in [0.1, 0.15) is 12.4 Å². The van der Waals surface area contributed by atoms with Gasteiger partial charge in [0.2, 0.25) is 0 Å². The molecule has 86 valence electrons. The Hall–Kier alpha value is -2.16. The van der Waals surface area contributed by atoms with Crippen molar-refractivity contribution in [2.45, 2.75) is 13.5 Å². The van der Waals surface area contributed by atoms with Gasteiger partial charge in [-0.3, -0.25) is 9.78 Å². The van der Waals surface area contributed by atoms with E-state index in [0.717, 1.165) is 5.56 Å². The number of Topliss-reactive ketones (excluding diaryl/α,β-unsaturated/α-hetero) is 1. The predicted octanol–water partition coefficient (Wildman–Crippen LogP) is 2.86. The van der Waals surface area contributed by atoms with Gasteiger partial charge in [0, 0.05) is 6.20 Å². The molecule has 0 aliphatic carbocycles. The van der Waals surface area contributed by atoms with Gasteiger partial charge in [-0.05, 0) is 18.6 Å². The first-order chi connectivity index (χ1) is 8.27. The summed E-state index contributed by atoms with van der Waals surface area (Å²) in [6.07, 6.45) is 3.16. The van der Waals surface area contributed by atoms with Crippen LogP contribution in [0.2, 0.25) is 0 Å². The second-order valence-electron chi connectivity index (χ2n) is 3.70. The normalized spacial score (nSPS) is 9.94. The first kappa shape index (κ1) is 11.3. The summed E-state index contributed by atoms with van der Waals surface area (Å²) in [5.41, 5.74) is 1.63. The van der Waals surface area contributed by atoms with E-state index in [9.17, 15) is 4.79 Å². The minimum Gasteiger partial charge on any atom is -0.487 e. The lowest BCUT2D eigenvalue weighted by Crippen LogP contribution is -2.01. The predicted molar refractivity (Wildman–Crippen MR) is 65.0 cm³/mol. The number of hydrogen-bond acceptors (Lipinski definition) is 3. The lowest BCUT2D eigenvalue weighted by Gasteiger charge is -2.08. The third-order valence-corrected chi connectivity index (χ3v) is 2.40. The number of benzene rings is 1. The van der Waals surface area contributed by atoms with Crippen LogP contribution in [0.25, 0.3) is 0 Å². The maximum atomic E-state index is 11.4. The van der Waals surface area contributed by atoms with E-state index in [4.69, 9.17) is 4.74 Å². The van der Waals surface area contributed by atoms with Crippen LogP contribution in [0.1, 0.15) is 22.8 Å². The third-order valence-electron chi connectivity index (χ3n) is 2.40. The monoisotopic (exact) mass is 227 g/mol. The van der Waals surface area contributed by atoms with E-state index < -0.39 is 0 Å². The van der Waals surface area contributed by atoms with Crippen molar-refractivity contribution in [3.8, 4) is 5.75 Å². The van der Waals surface area contributed by atoms with Crippen LogP contribution in [0.15, 0.2) is 48.8 Å². The number of ketones is 1. The van der Waals surface area contributed by atoms with E-state index in [1.165, 1.54) is 6.92 Å². The molecule has 0 N–H and O–H groups in total. The average molecular weight is 227 g/mol. The molecule has 2 aromatic rings. The molecular formula is C14H13NO2. The van der Waals surface area contributed by atoms with Gasteiger partial charge in [-0.15, -0.1) is 0 Å². The highest BCUT2D eigenvalue weighted by Crippen LogP contribution is 2.18. The van der Waals surface area contributed by atoms with Crippen LogP contribution >= 0.6 is 0 Å². The molecule has 1 aromatic heterocycles. The first-order valence-corrected chi connectivity index (χ1v) is 5.39. The van der Waals surface area contributed by atoms with E-state index >= 15 is 0 Å². The summed E-state index contributed by atoms with van der Waals surface area (Å²) >= 11 is 0. The van der Waals surface area contributed by atoms with E-state index in [0.29, 0.717) is 17.9 Å². The lowest BCUT2D eigenvalue weighted by molar-refractivity contribution is 0.101. The molecule has 0 atom stereocenters. The zero-order valence-electron chi connectivity index (χ0n) is 9.59. The molecule has 0 bridgehead atoms. The molecule has 0 aliphatic rings. The van der Waals surface area contributed by atoms with Crippen LogP contribution in [-0.2, 0) is 6.61 Å². The quantitative estimate of drug-likeness (QED) is 0.754. The molecule has 17 heavy (non-hydrogen) atoms. The topological polar surface area (TPSA) is 39.2 Å². The number of rotatable bonds is 4. The van der Waals surface area contributed by atoms with E-state index in [1.807, 2.05) is 30.3 Å². The van der Waals surface area contributed by atoms with Crippen molar-refractivity contribution < 1.29 is 9.53 Å². The highest BCUT2D eigenvalue weighted by molar-refractivity contribution is 5.96. The van der Waals surface area contributed by atoms with Crippen LogP contribution in [0.4, 0.5) is 0 Å². The highest BCUT2D eigenvalue weighted by atomic mass is 16.5. The zero-order chi connectivity index (χ0) is 12.1. The molecule has 1 heterocycles. The Bertz CT molecular complexity index is 509. The summed E-state index contributed by atoms with van der Waals surface area (Å²) in [6, 6.07) is 11.5. The van der Waals surface area contributed by atoms with Gasteiger partial charge in [0.25, 0.3) is 0 Å². The average Bonchev–Trinajstić information content (AvgIpc) is 2.38. The molecule has 3 heteroatoms. The molecule has 0 saturated carbocycles. The Balaban J connectivity index is 2.12. The Morgan fingerprint density at radius 1 is 1.24 bits per heavy atom. The van der Waals surface area contributed by atoms with Crippen molar-refractivity contribution in [2.75, 3.05) is 0 Å². The fourth-order valence-electron chi connectivity index (χ4n) is 1.52. The fraction of sp³-hybridized carbons (Fsp3) is 0.143. The minimum atomic E-state index is -0.0181. The maximum absolute atomic E-state index is 11.4. The number of hydrogen-bond donors (Lipinski definition) is 0. The van der Waals surface area contributed by atoms with Crippen molar-refractivity contribution in [2.24, 2.45) is 0 Å². The summed E-state index contributed by atoms with van der Waals surface area (Å²) in [7, 11) is 0. The van der Waals surface area contributed by atoms with Crippen molar-refractivity contribution in [1.82, 2.24) is 4.98 Å². The van der Waals surface area contributed by atoms with E-state index in [1.54, 1.807) is 18.5 Å². The largest absolute Gasteiger partial charge is 0.487 e. The number of carbonyl (C=O) groups is 1. The smallest absolute Gasteiger partial charge is 0.163 e. The number of nitrogens with zero attached hydrogens (tertiary/aromatic N) is 1. The summed E-state index contributed by atoms with van der Waals surface area (Å²) in [6.45, 7) is 1.96. The van der Waals surface area contributed by atoms with Crippen LogP contribution < -0.4 is 4.74 Å². The van der Waals surface area contributed by atoms with Crippen molar-refractivity contribution in [1.29, 1.82) is 0 Å². The molecular weight excluding hydrogens is 214 g/mol. The summed E-state index contributed by atoms with van der Waals surface area (Å²) in [5, 5.41) is 0. The number of aromatic nitrogens is 1. The van der Waals surface area contributed by atoms with E-state index in [2.05, 4.69) is 4.98 Å². The molecule has 0 unspecified atom stereocenters. The molecule has 0 spiro atoms. The van der Waals surface area contributed by atoms with Gasteiger partial charge in [0.15, 0.2) is 5.78 Å². The van der Waals surface area contributed by atoms with Crippen LogP contribution in [0.3, 0.4) is 0 Å². The van der Waals surface area contributed by atoms with E-state index in [-0.39, 0.29) is 5.78 Å². The molecule has 0 radical (unpaired) electrons. The SMILES string of the molecule is CC(=O)c1ccncc1OCc1ccccc1. The zero-order valence-corrected chi connectivity index (χ0v) is 9.59. The maximum Gasteiger partial charge on any atom is 0.163 e. The Morgan fingerprint density at radius 3 is 2.71 bits per heavy atom. The minimum absolute atomic E-state index is 0.0181. The Labute approximate surface area is 100 Å². The van der Waals surface area contributed by atoms with Crippen LogP contribution in [-0.4, -0.2) is 10.8 Å². The van der Waals surface area contributed by atoms with Crippen molar-refractivity contribution >= 4 is 5.78 Å². The van der Waals surface area contributed by atoms with Crippen LogP contribution in [0, 0.1) is 0 Å². The van der Waals surface area contributed by atoms with Gasteiger partial charge in [-0.1, -0.05) is 30.3 Å². The molecule has 1 aromatic carbocycles. The molecule has 0 fully saturated rings. The summed E-state index contributed by atoms with van der Waals surface area (Å²) in [4.78, 5) is 15.3. The van der Waals surface area contributed by atoms with Crippen molar-refractivity contribution in [3.63, 3.8) is 0 Å². The Morgan fingerprint density at radius 2 is 2.00 bits per heavy atom. The highest BCUT2D eigenvalue weighted by Gasteiger charge is 2.07. The standard InChI is InChI=1S/C14H13NO2/c1-11(16)13-7-8-15-9-14(13)17-10-12-5-3-2-4-6-12/h2-9H,10H2,1H3. The fourth-order valence-corrected chi connectivity index (χ4v) is 1.52. The third kappa shape index (κ3) is 2.91. The van der Waals surface area contributed by atoms with Gasteiger partial charge in [-0.25, -0.2) is 0 Å². The number of pyridine rings is 1. The van der Waals surface area contributed by atoms with Gasteiger partial charge >= 0.3 is 0 Å². The number of ether oxygens (including phenoxy) is 1. The van der Waals surface area contributed by atoms with Gasteiger partial charge in [-0.2, -0.15) is 0 Å².